The maximum absolute atomic E-state index is 12.2. The van der Waals surface area contributed by atoms with Gasteiger partial charge in [-0.05, 0) is 56.9 Å². The van der Waals surface area contributed by atoms with Crippen LogP contribution in [0.1, 0.15) is 67.3 Å². The largest absolute Gasteiger partial charge is 0.467 e. The molecule has 2 aromatic rings. The van der Waals surface area contributed by atoms with Crippen molar-refractivity contribution >= 4 is 17.4 Å². The third-order valence-corrected chi connectivity index (χ3v) is 5.16. The summed E-state index contributed by atoms with van der Waals surface area (Å²) in [6.45, 7) is 5.58. The molecule has 1 heterocycles. The molecule has 1 aliphatic carbocycles. The van der Waals surface area contributed by atoms with Gasteiger partial charge >= 0.3 is 0 Å². The van der Waals surface area contributed by atoms with Crippen LogP contribution in [0.2, 0.25) is 0 Å². The number of aryl methyl sites for hydroxylation is 1. The summed E-state index contributed by atoms with van der Waals surface area (Å²) in [6, 6.07) is 8.52. The molecule has 1 aromatic carbocycles. The maximum Gasteiger partial charge on any atom is 0.262 e. The molecule has 1 fully saturated rings. The molecule has 1 aliphatic rings. The first-order valence-electron chi connectivity index (χ1n) is 9.80. The zero-order chi connectivity index (χ0) is 20.1. The number of hydrogen-bond acceptors (Lipinski definition) is 5. The summed E-state index contributed by atoms with van der Waals surface area (Å²) in [5.41, 5.74) is 2.07. The van der Waals surface area contributed by atoms with Crippen LogP contribution >= 0.6 is 0 Å². The minimum absolute atomic E-state index is 0.0106. The summed E-state index contributed by atoms with van der Waals surface area (Å²) in [5, 5.41) is 2.76. The van der Waals surface area contributed by atoms with E-state index in [1.165, 1.54) is 19.8 Å². The zero-order valence-electron chi connectivity index (χ0n) is 16.7. The maximum atomic E-state index is 12.2. The van der Waals surface area contributed by atoms with E-state index in [-0.39, 0.29) is 18.3 Å². The molecule has 1 saturated carbocycles. The molecule has 1 amide bonds. The molecule has 0 radical (unpaired) electrons. The van der Waals surface area contributed by atoms with E-state index in [1.54, 1.807) is 30.3 Å². The molecule has 0 unspecified atom stereocenters. The van der Waals surface area contributed by atoms with E-state index >= 15 is 0 Å². The number of nitrogens with zero attached hydrogens (tertiary/aromatic N) is 2. The van der Waals surface area contributed by atoms with Crippen LogP contribution in [-0.4, -0.2) is 28.3 Å². The second-order valence-corrected chi connectivity index (χ2v) is 7.63. The topological polar surface area (TPSA) is 81.2 Å². The Hall–Kier alpha value is -2.76. The summed E-state index contributed by atoms with van der Waals surface area (Å²) in [6.07, 6.45) is 4.59. The van der Waals surface area contributed by atoms with Gasteiger partial charge in [0.25, 0.3) is 5.91 Å². The van der Waals surface area contributed by atoms with Crippen LogP contribution in [-0.2, 0) is 4.79 Å². The molecule has 0 aliphatic heterocycles. The van der Waals surface area contributed by atoms with Gasteiger partial charge < -0.3 is 10.1 Å². The summed E-state index contributed by atoms with van der Waals surface area (Å²) >= 11 is 0. The summed E-state index contributed by atoms with van der Waals surface area (Å²) in [4.78, 5) is 32.6. The van der Waals surface area contributed by atoms with Gasteiger partial charge in [-0.3, -0.25) is 9.59 Å². The lowest BCUT2D eigenvalue weighted by Crippen LogP contribution is -2.21. The number of hydrogen-bond donors (Lipinski definition) is 1. The molecular formula is C22H27N3O3. The highest BCUT2D eigenvalue weighted by Gasteiger charge is 2.22. The Morgan fingerprint density at radius 2 is 1.79 bits per heavy atom. The molecule has 0 spiro atoms. The van der Waals surface area contributed by atoms with Crippen molar-refractivity contribution < 1.29 is 14.3 Å². The van der Waals surface area contributed by atoms with Crippen molar-refractivity contribution in [3.05, 3.63) is 47.4 Å². The minimum atomic E-state index is -0.278. The van der Waals surface area contributed by atoms with Gasteiger partial charge in [-0.15, -0.1) is 0 Å². The number of rotatable bonds is 6. The number of nitrogens with one attached hydrogen (secondary N) is 1. The van der Waals surface area contributed by atoms with E-state index < -0.39 is 0 Å². The van der Waals surface area contributed by atoms with Crippen LogP contribution in [0.25, 0.3) is 0 Å². The van der Waals surface area contributed by atoms with Gasteiger partial charge in [-0.2, -0.15) is 4.98 Å². The Bertz CT molecular complexity index is 841. The van der Waals surface area contributed by atoms with Gasteiger partial charge in [0.15, 0.2) is 12.4 Å². The van der Waals surface area contributed by atoms with Gasteiger partial charge in [0.2, 0.25) is 5.88 Å². The monoisotopic (exact) mass is 381 g/mol. The van der Waals surface area contributed by atoms with E-state index in [1.807, 2.05) is 6.92 Å². The second kappa shape index (κ2) is 8.95. The lowest BCUT2D eigenvalue weighted by Gasteiger charge is -2.25. The van der Waals surface area contributed by atoms with Gasteiger partial charge in [-0.1, -0.05) is 19.8 Å². The van der Waals surface area contributed by atoms with Crippen molar-refractivity contribution in [1.82, 2.24) is 9.97 Å². The number of carbonyl (C=O) groups excluding carboxylic acids is 2. The Morgan fingerprint density at radius 1 is 1.11 bits per heavy atom. The fraction of sp³-hybridized carbons (Fsp3) is 0.455. The summed E-state index contributed by atoms with van der Waals surface area (Å²) < 4.78 is 5.62. The number of aromatic nitrogens is 2. The van der Waals surface area contributed by atoms with E-state index in [0.29, 0.717) is 23.0 Å². The molecular weight excluding hydrogens is 354 g/mol. The lowest BCUT2D eigenvalue weighted by atomic mass is 9.82. The van der Waals surface area contributed by atoms with Crippen LogP contribution in [0, 0.1) is 12.8 Å². The van der Waals surface area contributed by atoms with Crippen LogP contribution < -0.4 is 10.1 Å². The Kier molecular flexibility index (Phi) is 6.39. The van der Waals surface area contributed by atoms with E-state index in [4.69, 9.17) is 4.74 Å². The summed E-state index contributed by atoms with van der Waals surface area (Å²) in [5.74, 6) is 2.10. The number of anilines is 1. The number of amides is 1. The molecule has 1 N–H and O–H groups in total. The van der Waals surface area contributed by atoms with Crippen LogP contribution in [0.5, 0.6) is 5.88 Å². The normalized spacial score (nSPS) is 19.1. The van der Waals surface area contributed by atoms with Crippen LogP contribution in [0.3, 0.4) is 0 Å². The second-order valence-electron chi connectivity index (χ2n) is 7.63. The van der Waals surface area contributed by atoms with Gasteiger partial charge in [0, 0.05) is 28.9 Å². The first kappa shape index (κ1) is 20.0. The van der Waals surface area contributed by atoms with Crippen LogP contribution in [0.15, 0.2) is 30.3 Å². The van der Waals surface area contributed by atoms with Crippen molar-refractivity contribution in [1.29, 1.82) is 0 Å². The van der Waals surface area contributed by atoms with Crippen molar-refractivity contribution in [2.75, 3.05) is 11.9 Å². The van der Waals surface area contributed by atoms with Crippen LogP contribution in [0.4, 0.5) is 5.69 Å². The number of ketones is 1. The number of benzene rings is 1. The highest BCUT2D eigenvalue weighted by molar-refractivity contribution is 5.95. The first-order chi connectivity index (χ1) is 13.4. The third kappa shape index (κ3) is 5.38. The van der Waals surface area contributed by atoms with Crippen molar-refractivity contribution in [2.45, 2.75) is 52.4 Å². The Balaban J connectivity index is 1.57. The summed E-state index contributed by atoms with van der Waals surface area (Å²) in [7, 11) is 0. The number of carbonyl (C=O) groups is 2. The predicted molar refractivity (Wildman–Crippen MR) is 108 cm³/mol. The first-order valence-corrected chi connectivity index (χ1v) is 9.80. The van der Waals surface area contributed by atoms with E-state index in [9.17, 15) is 9.59 Å². The average Bonchev–Trinajstić information content (AvgIpc) is 2.67. The highest BCUT2D eigenvalue weighted by atomic mass is 16.5. The number of ether oxygens (including phenoxy) is 1. The van der Waals surface area contributed by atoms with E-state index in [0.717, 1.165) is 30.3 Å². The minimum Gasteiger partial charge on any atom is -0.467 e. The van der Waals surface area contributed by atoms with Crippen molar-refractivity contribution in [3.63, 3.8) is 0 Å². The standard InChI is InChI=1S/C22H27N3O3/c1-14-4-6-18(7-5-14)22-23-15(2)12-21(25-22)28-13-20(27)24-19-10-8-17(9-11-19)16(3)26/h8-12,14,18H,4-7,13H2,1-3H3,(H,24,27). The van der Waals surface area contributed by atoms with E-state index in [2.05, 4.69) is 22.2 Å². The molecule has 6 heteroatoms. The third-order valence-electron chi connectivity index (χ3n) is 5.16. The predicted octanol–water partition coefficient (Wildman–Crippen LogP) is 4.30. The molecule has 0 atom stereocenters. The molecule has 1 aromatic heterocycles. The van der Waals surface area contributed by atoms with Gasteiger partial charge in [0.05, 0.1) is 0 Å². The average molecular weight is 381 g/mol. The number of Topliss-reactive ketones (excluding diaryl/α,β-unsaturated/α-hetero) is 1. The van der Waals surface area contributed by atoms with Gasteiger partial charge in [0.1, 0.15) is 5.82 Å². The highest BCUT2D eigenvalue weighted by Crippen LogP contribution is 2.34. The van der Waals surface area contributed by atoms with Gasteiger partial charge in [-0.25, -0.2) is 4.98 Å². The molecule has 0 saturated heterocycles. The Labute approximate surface area is 165 Å². The molecule has 28 heavy (non-hydrogen) atoms. The smallest absolute Gasteiger partial charge is 0.262 e. The molecule has 0 bridgehead atoms. The van der Waals surface area contributed by atoms with Crippen molar-refractivity contribution in [2.24, 2.45) is 5.92 Å². The fourth-order valence-electron chi connectivity index (χ4n) is 3.46. The lowest BCUT2D eigenvalue weighted by molar-refractivity contribution is -0.118. The molecule has 6 nitrogen and oxygen atoms in total. The molecule has 3 rings (SSSR count). The quantitative estimate of drug-likeness (QED) is 0.755. The fourth-order valence-corrected chi connectivity index (χ4v) is 3.46. The SMILES string of the molecule is CC(=O)c1ccc(NC(=O)COc2cc(C)nc(C3CCC(C)CC3)n2)cc1. The Morgan fingerprint density at radius 3 is 2.43 bits per heavy atom. The van der Waals surface area contributed by atoms with Crippen molar-refractivity contribution in [3.8, 4) is 5.88 Å². The molecule has 148 valence electrons. The zero-order valence-corrected chi connectivity index (χ0v) is 16.7.